The highest BCUT2D eigenvalue weighted by molar-refractivity contribution is 9.10. The average molecular weight is 403 g/mol. The van der Waals surface area contributed by atoms with Crippen LogP contribution in [0.2, 0.25) is 0 Å². The Bertz CT molecular complexity index is 768. The second-order valence-electron chi connectivity index (χ2n) is 5.15. The minimum absolute atomic E-state index is 0.180. The third kappa shape index (κ3) is 5.46. The molecule has 2 rings (SSSR count). The van der Waals surface area contributed by atoms with Crippen LogP contribution < -0.4 is 15.4 Å². The van der Waals surface area contributed by atoms with Gasteiger partial charge in [-0.2, -0.15) is 0 Å². The molecule has 0 unspecified atom stereocenters. The molecule has 0 saturated carbocycles. The molecule has 5 nitrogen and oxygen atoms in total. The van der Waals surface area contributed by atoms with E-state index in [0.717, 1.165) is 15.8 Å². The zero-order valence-corrected chi connectivity index (χ0v) is 15.6. The van der Waals surface area contributed by atoms with Crippen molar-refractivity contribution in [2.75, 3.05) is 13.7 Å². The fourth-order valence-electron chi connectivity index (χ4n) is 2.08. The van der Waals surface area contributed by atoms with Gasteiger partial charge in [0.05, 0.1) is 7.11 Å². The van der Waals surface area contributed by atoms with Gasteiger partial charge in [-0.25, -0.2) is 0 Å². The van der Waals surface area contributed by atoms with Crippen molar-refractivity contribution in [2.45, 2.75) is 6.92 Å². The molecule has 0 atom stereocenters. The maximum absolute atomic E-state index is 12.4. The van der Waals surface area contributed by atoms with E-state index in [9.17, 15) is 9.59 Å². The molecule has 0 aliphatic heterocycles. The fraction of sp³-hybridized carbons (Fsp3) is 0.158. The first kappa shape index (κ1) is 18.7. The molecule has 130 valence electrons. The van der Waals surface area contributed by atoms with Gasteiger partial charge in [-0.1, -0.05) is 28.1 Å². The van der Waals surface area contributed by atoms with Crippen molar-refractivity contribution in [1.82, 2.24) is 10.6 Å². The molecule has 0 aromatic heterocycles. The number of benzene rings is 2. The summed E-state index contributed by atoms with van der Waals surface area (Å²) in [6.07, 6.45) is 1.63. The number of hydrogen-bond donors (Lipinski definition) is 2. The Morgan fingerprint density at radius 1 is 1.08 bits per heavy atom. The maximum atomic E-state index is 12.4. The third-order valence-electron chi connectivity index (χ3n) is 3.36. The predicted octanol–water partition coefficient (Wildman–Crippen LogP) is 3.36. The van der Waals surface area contributed by atoms with Gasteiger partial charge >= 0.3 is 0 Å². The molecule has 0 fully saturated rings. The summed E-state index contributed by atoms with van der Waals surface area (Å²) in [5.41, 5.74) is 1.42. The number of methoxy groups -OCH3 is 1. The number of likely N-dealkylation sites (N-methyl/N-ethyl adjacent to an activating group) is 1. The van der Waals surface area contributed by atoms with Crippen LogP contribution >= 0.6 is 15.9 Å². The minimum atomic E-state index is -0.349. The average Bonchev–Trinajstić information content (AvgIpc) is 2.62. The number of carbonyl (C=O) groups excluding carboxylic acids is 2. The monoisotopic (exact) mass is 402 g/mol. The topological polar surface area (TPSA) is 67.4 Å². The Morgan fingerprint density at radius 3 is 2.28 bits per heavy atom. The molecule has 0 radical (unpaired) electrons. The molecule has 0 saturated heterocycles. The summed E-state index contributed by atoms with van der Waals surface area (Å²) in [5, 5.41) is 5.38. The van der Waals surface area contributed by atoms with Gasteiger partial charge in [-0.15, -0.1) is 0 Å². The van der Waals surface area contributed by atoms with Crippen molar-refractivity contribution in [3.05, 3.63) is 69.8 Å². The highest BCUT2D eigenvalue weighted by Crippen LogP contribution is 2.14. The van der Waals surface area contributed by atoms with E-state index in [1.165, 1.54) is 0 Å². The summed E-state index contributed by atoms with van der Waals surface area (Å²) >= 11 is 3.33. The molecule has 2 N–H and O–H groups in total. The molecule has 0 heterocycles. The number of ether oxygens (including phenoxy) is 1. The van der Waals surface area contributed by atoms with E-state index in [4.69, 9.17) is 4.74 Å². The van der Waals surface area contributed by atoms with Crippen molar-refractivity contribution in [3.63, 3.8) is 0 Å². The number of rotatable bonds is 6. The maximum Gasteiger partial charge on any atom is 0.267 e. The van der Waals surface area contributed by atoms with E-state index < -0.39 is 0 Å². The number of halogens is 1. The predicted molar refractivity (Wildman–Crippen MR) is 101 cm³/mol. The molecule has 0 aliphatic rings. The van der Waals surface area contributed by atoms with Crippen LogP contribution in [0.5, 0.6) is 5.75 Å². The highest BCUT2D eigenvalue weighted by atomic mass is 79.9. The van der Waals surface area contributed by atoms with Gasteiger partial charge in [0.15, 0.2) is 0 Å². The van der Waals surface area contributed by atoms with Crippen molar-refractivity contribution < 1.29 is 14.3 Å². The normalized spacial score (nSPS) is 10.9. The smallest absolute Gasteiger partial charge is 0.267 e. The van der Waals surface area contributed by atoms with E-state index in [2.05, 4.69) is 26.6 Å². The van der Waals surface area contributed by atoms with Crippen LogP contribution in [-0.4, -0.2) is 25.5 Å². The lowest BCUT2D eigenvalue weighted by Gasteiger charge is -2.10. The molecule has 2 aromatic rings. The second kappa shape index (κ2) is 9.03. The fourth-order valence-corrected chi connectivity index (χ4v) is 2.34. The van der Waals surface area contributed by atoms with Crippen LogP contribution in [0.4, 0.5) is 0 Å². The summed E-state index contributed by atoms with van der Waals surface area (Å²) < 4.78 is 6.00. The van der Waals surface area contributed by atoms with Crippen LogP contribution in [0.3, 0.4) is 0 Å². The molecule has 0 aliphatic carbocycles. The van der Waals surface area contributed by atoms with Crippen molar-refractivity contribution >= 4 is 33.8 Å². The first-order chi connectivity index (χ1) is 12.0. The second-order valence-corrected chi connectivity index (χ2v) is 6.07. The molecule has 0 spiro atoms. The number of hydrogen-bond acceptors (Lipinski definition) is 3. The Morgan fingerprint density at radius 2 is 1.72 bits per heavy atom. The molecule has 2 aromatic carbocycles. The van der Waals surface area contributed by atoms with Crippen LogP contribution in [0.25, 0.3) is 6.08 Å². The lowest BCUT2D eigenvalue weighted by atomic mass is 10.1. The van der Waals surface area contributed by atoms with E-state index in [-0.39, 0.29) is 17.5 Å². The highest BCUT2D eigenvalue weighted by Gasteiger charge is 2.14. The molecule has 6 heteroatoms. The first-order valence-corrected chi connectivity index (χ1v) is 8.53. The molecule has 25 heavy (non-hydrogen) atoms. The number of nitrogens with one attached hydrogen (secondary N) is 2. The van der Waals surface area contributed by atoms with Gasteiger partial charge in [0, 0.05) is 16.6 Å². The third-order valence-corrected chi connectivity index (χ3v) is 3.89. The van der Waals surface area contributed by atoms with Crippen LogP contribution in [0, 0.1) is 0 Å². The van der Waals surface area contributed by atoms with E-state index in [1.54, 1.807) is 49.6 Å². The van der Waals surface area contributed by atoms with Gasteiger partial charge in [0.25, 0.3) is 11.8 Å². The lowest BCUT2D eigenvalue weighted by molar-refractivity contribution is -0.117. The van der Waals surface area contributed by atoms with Gasteiger partial charge in [0.1, 0.15) is 11.4 Å². The summed E-state index contributed by atoms with van der Waals surface area (Å²) in [6.45, 7) is 2.28. The summed E-state index contributed by atoms with van der Waals surface area (Å²) in [7, 11) is 1.59. The van der Waals surface area contributed by atoms with Crippen LogP contribution in [0.15, 0.2) is 58.7 Å². The van der Waals surface area contributed by atoms with Gasteiger partial charge in [-0.3, -0.25) is 9.59 Å². The Balaban J connectivity index is 2.25. The van der Waals surface area contributed by atoms with Crippen LogP contribution in [-0.2, 0) is 4.79 Å². The molecule has 0 bridgehead atoms. The van der Waals surface area contributed by atoms with E-state index in [1.807, 2.05) is 19.1 Å². The Labute approximate surface area is 155 Å². The van der Waals surface area contributed by atoms with Crippen molar-refractivity contribution in [1.29, 1.82) is 0 Å². The van der Waals surface area contributed by atoms with Gasteiger partial charge in [0.2, 0.25) is 0 Å². The standard InChI is InChI=1S/C19H19BrN2O3/c1-3-21-19(24)17(12-13-4-10-16(25-2)11-5-13)22-18(23)14-6-8-15(20)9-7-14/h4-12H,3H2,1-2H3,(H,21,24)(H,22,23)/b17-12+. The minimum Gasteiger partial charge on any atom is -0.497 e. The Kier molecular flexibility index (Phi) is 6.77. The number of amides is 2. The van der Waals surface area contributed by atoms with E-state index >= 15 is 0 Å². The zero-order valence-electron chi connectivity index (χ0n) is 14.0. The quantitative estimate of drug-likeness (QED) is 0.727. The van der Waals surface area contributed by atoms with Gasteiger partial charge < -0.3 is 15.4 Å². The lowest BCUT2D eigenvalue weighted by Crippen LogP contribution is -2.34. The largest absolute Gasteiger partial charge is 0.497 e. The van der Waals surface area contributed by atoms with Crippen molar-refractivity contribution in [3.8, 4) is 5.75 Å². The first-order valence-electron chi connectivity index (χ1n) is 7.74. The summed E-state index contributed by atoms with van der Waals surface area (Å²) in [5.74, 6) is 0.0258. The Hall–Kier alpha value is -2.60. The molecule has 2 amide bonds. The molecular weight excluding hydrogens is 384 g/mol. The molecular formula is C19H19BrN2O3. The SMILES string of the molecule is CCNC(=O)/C(=C\c1ccc(OC)cc1)NC(=O)c1ccc(Br)cc1. The van der Waals surface area contributed by atoms with Crippen molar-refractivity contribution in [2.24, 2.45) is 0 Å². The summed E-state index contributed by atoms with van der Waals surface area (Å²) in [4.78, 5) is 24.7. The zero-order chi connectivity index (χ0) is 18.2. The summed E-state index contributed by atoms with van der Waals surface area (Å²) in [6, 6.07) is 14.1. The van der Waals surface area contributed by atoms with Gasteiger partial charge in [-0.05, 0) is 55.0 Å². The van der Waals surface area contributed by atoms with Crippen LogP contribution in [0.1, 0.15) is 22.8 Å². The van der Waals surface area contributed by atoms with E-state index in [0.29, 0.717) is 12.1 Å². The number of carbonyl (C=O) groups is 2.